The number of nitrogens with zero attached hydrogens (tertiary/aromatic N) is 1. The number of aromatic nitrogens is 1. The van der Waals surface area contributed by atoms with Gasteiger partial charge in [-0.15, -0.1) is 0 Å². The Bertz CT molecular complexity index is 1050. The van der Waals surface area contributed by atoms with Crippen molar-refractivity contribution in [2.24, 2.45) is 0 Å². The van der Waals surface area contributed by atoms with E-state index in [-0.39, 0.29) is 11.0 Å². The molecule has 1 aromatic heterocycles. The first-order chi connectivity index (χ1) is 13.4. The second-order valence-electron chi connectivity index (χ2n) is 5.45. The van der Waals surface area contributed by atoms with Crippen LogP contribution in [0.3, 0.4) is 0 Å². The molecule has 0 atom stereocenters. The lowest BCUT2D eigenvalue weighted by Crippen LogP contribution is -2.34. The lowest BCUT2D eigenvalue weighted by molar-refractivity contribution is 0.0977. The SMILES string of the molecule is COc1cc(OC)c2nc(NC(=S)NC(=O)c3ccc(OC)c(Br)c3)sc2c1. The first-order valence-electron chi connectivity index (χ1n) is 7.93. The maximum Gasteiger partial charge on any atom is 0.257 e. The molecule has 146 valence electrons. The van der Waals surface area contributed by atoms with Gasteiger partial charge in [-0.1, -0.05) is 11.3 Å². The number of methoxy groups -OCH3 is 3. The molecular formula is C18H16BrN3O4S2. The maximum atomic E-state index is 12.4. The fraction of sp³-hybridized carbons (Fsp3) is 0.167. The molecule has 3 rings (SSSR count). The zero-order chi connectivity index (χ0) is 20.3. The van der Waals surface area contributed by atoms with E-state index >= 15 is 0 Å². The molecule has 0 saturated carbocycles. The minimum Gasteiger partial charge on any atom is -0.497 e. The van der Waals surface area contributed by atoms with Gasteiger partial charge in [0.05, 0.1) is 30.5 Å². The molecule has 1 amide bonds. The number of thiazole rings is 1. The Balaban J connectivity index is 1.74. The van der Waals surface area contributed by atoms with Gasteiger partial charge in [0.2, 0.25) is 0 Å². The maximum absolute atomic E-state index is 12.4. The standard InChI is InChI=1S/C18H16BrN3O4S2/c1-24-10-7-13(26-3)15-14(8-10)28-18(20-15)22-17(27)21-16(23)9-4-5-12(25-2)11(19)6-9/h4-8H,1-3H3,(H2,20,21,22,23,27). The average Bonchev–Trinajstić information content (AvgIpc) is 3.08. The van der Waals surface area contributed by atoms with Crippen molar-refractivity contribution in [1.29, 1.82) is 0 Å². The second kappa shape index (κ2) is 8.72. The summed E-state index contributed by atoms with van der Waals surface area (Å²) in [6.45, 7) is 0. The average molecular weight is 482 g/mol. The van der Waals surface area contributed by atoms with E-state index in [0.717, 1.165) is 4.70 Å². The van der Waals surface area contributed by atoms with Gasteiger partial charge in [0.15, 0.2) is 10.2 Å². The molecule has 10 heteroatoms. The molecule has 0 aliphatic rings. The zero-order valence-electron chi connectivity index (χ0n) is 15.2. The van der Waals surface area contributed by atoms with Crippen LogP contribution in [0.4, 0.5) is 5.13 Å². The molecule has 0 spiro atoms. The van der Waals surface area contributed by atoms with E-state index < -0.39 is 0 Å². The third-order valence-electron chi connectivity index (χ3n) is 3.75. The molecule has 0 unspecified atom stereocenters. The normalized spacial score (nSPS) is 10.4. The monoisotopic (exact) mass is 481 g/mol. The first kappa shape index (κ1) is 20.3. The van der Waals surface area contributed by atoms with Gasteiger partial charge in [-0.25, -0.2) is 4.98 Å². The molecular weight excluding hydrogens is 466 g/mol. The van der Waals surface area contributed by atoms with Crippen LogP contribution in [-0.4, -0.2) is 37.3 Å². The Morgan fingerprint density at radius 3 is 2.50 bits per heavy atom. The van der Waals surface area contributed by atoms with Crippen LogP contribution in [0.1, 0.15) is 10.4 Å². The highest BCUT2D eigenvalue weighted by molar-refractivity contribution is 9.10. The number of thiocarbonyl (C=S) groups is 1. The number of fused-ring (bicyclic) bond motifs is 1. The van der Waals surface area contributed by atoms with Crippen LogP contribution in [0.2, 0.25) is 0 Å². The van der Waals surface area contributed by atoms with Crippen LogP contribution in [0.15, 0.2) is 34.8 Å². The van der Waals surface area contributed by atoms with Crippen LogP contribution in [-0.2, 0) is 0 Å². The third-order valence-corrected chi connectivity index (χ3v) is 5.49. The fourth-order valence-electron chi connectivity index (χ4n) is 2.41. The van der Waals surface area contributed by atoms with Crippen molar-refractivity contribution >= 4 is 65.9 Å². The predicted molar refractivity (Wildman–Crippen MR) is 117 cm³/mol. The molecule has 0 radical (unpaired) electrons. The third kappa shape index (κ3) is 4.34. The van der Waals surface area contributed by atoms with Gasteiger partial charge in [0.25, 0.3) is 5.91 Å². The molecule has 0 saturated heterocycles. The van der Waals surface area contributed by atoms with Crippen molar-refractivity contribution in [2.75, 3.05) is 26.6 Å². The summed E-state index contributed by atoms with van der Waals surface area (Å²) in [6, 6.07) is 8.62. The zero-order valence-corrected chi connectivity index (χ0v) is 18.4. The van der Waals surface area contributed by atoms with Crippen LogP contribution >= 0.6 is 39.5 Å². The molecule has 0 aliphatic heterocycles. The lowest BCUT2D eigenvalue weighted by atomic mass is 10.2. The molecule has 1 heterocycles. The number of halogens is 1. The Labute approximate surface area is 179 Å². The van der Waals surface area contributed by atoms with Crippen LogP contribution in [0, 0.1) is 0 Å². The van der Waals surface area contributed by atoms with Gasteiger partial charge in [-0.3, -0.25) is 10.1 Å². The van der Waals surface area contributed by atoms with Crippen molar-refractivity contribution in [1.82, 2.24) is 10.3 Å². The number of benzene rings is 2. The van der Waals surface area contributed by atoms with Crippen molar-refractivity contribution in [3.63, 3.8) is 0 Å². The fourth-order valence-corrected chi connectivity index (χ4v) is 4.12. The number of hydrogen-bond donors (Lipinski definition) is 2. The van der Waals surface area contributed by atoms with E-state index in [0.29, 0.717) is 37.9 Å². The molecule has 0 bridgehead atoms. The number of carbonyl (C=O) groups excluding carboxylic acids is 1. The number of carbonyl (C=O) groups is 1. The van der Waals surface area contributed by atoms with E-state index in [9.17, 15) is 4.79 Å². The molecule has 0 fully saturated rings. The largest absolute Gasteiger partial charge is 0.497 e. The number of ether oxygens (including phenoxy) is 3. The highest BCUT2D eigenvalue weighted by Gasteiger charge is 2.14. The summed E-state index contributed by atoms with van der Waals surface area (Å²) in [5.41, 5.74) is 1.12. The van der Waals surface area contributed by atoms with Crippen molar-refractivity contribution in [3.05, 3.63) is 40.4 Å². The summed E-state index contributed by atoms with van der Waals surface area (Å²) in [7, 11) is 4.71. The van der Waals surface area contributed by atoms with E-state index in [1.165, 1.54) is 11.3 Å². The molecule has 7 nitrogen and oxygen atoms in total. The number of nitrogens with one attached hydrogen (secondary N) is 2. The highest BCUT2D eigenvalue weighted by Crippen LogP contribution is 2.36. The minimum absolute atomic E-state index is 0.141. The molecule has 2 aromatic carbocycles. The van der Waals surface area contributed by atoms with E-state index in [2.05, 4.69) is 31.5 Å². The number of hydrogen-bond acceptors (Lipinski definition) is 7. The van der Waals surface area contributed by atoms with Crippen molar-refractivity contribution in [3.8, 4) is 17.2 Å². The van der Waals surface area contributed by atoms with Crippen LogP contribution in [0.25, 0.3) is 10.2 Å². The Kier molecular flexibility index (Phi) is 6.32. The number of rotatable bonds is 5. The molecule has 0 aliphatic carbocycles. The topological polar surface area (TPSA) is 81.7 Å². The van der Waals surface area contributed by atoms with E-state index in [1.807, 2.05) is 6.07 Å². The van der Waals surface area contributed by atoms with Gasteiger partial charge < -0.3 is 19.5 Å². The van der Waals surface area contributed by atoms with E-state index in [1.54, 1.807) is 45.6 Å². The molecule has 2 N–H and O–H groups in total. The summed E-state index contributed by atoms with van der Waals surface area (Å²) < 4.78 is 17.3. The van der Waals surface area contributed by atoms with Crippen LogP contribution in [0.5, 0.6) is 17.2 Å². The van der Waals surface area contributed by atoms with Gasteiger partial charge in [0, 0.05) is 11.6 Å². The molecule has 28 heavy (non-hydrogen) atoms. The summed E-state index contributed by atoms with van der Waals surface area (Å²) >= 11 is 9.97. The minimum atomic E-state index is -0.346. The number of amides is 1. The summed E-state index contributed by atoms with van der Waals surface area (Å²) in [4.78, 5) is 16.9. The van der Waals surface area contributed by atoms with E-state index in [4.69, 9.17) is 26.4 Å². The highest BCUT2D eigenvalue weighted by atomic mass is 79.9. The Hall–Kier alpha value is -2.43. The Morgan fingerprint density at radius 1 is 1.11 bits per heavy atom. The van der Waals surface area contributed by atoms with Crippen molar-refractivity contribution < 1.29 is 19.0 Å². The van der Waals surface area contributed by atoms with Gasteiger partial charge in [0.1, 0.15) is 22.8 Å². The Morgan fingerprint density at radius 2 is 1.86 bits per heavy atom. The summed E-state index contributed by atoms with van der Waals surface area (Å²) in [6.07, 6.45) is 0. The van der Waals surface area contributed by atoms with Gasteiger partial charge in [-0.2, -0.15) is 0 Å². The predicted octanol–water partition coefficient (Wildman–Crippen LogP) is 4.21. The van der Waals surface area contributed by atoms with Gasteiger partial charge >= 0.3 is 0 Å². The lowest BCUT2D eigenvalue weighted by Gasteiger charge is -2.09. The van der Waals surface area contributed by atoms with Crippen LogP contribution < -0.4 is 24.8 Å². The summed E-state index contributed by atoms with van der Waals surface area (Å²) in [5.74, 6) is 1.55. The summed E-state index contributed by atoms with van der Waals surface area (Å²) in [5, 5.41) is 6.24. The van der Waals surface area contributed by atoms with Gasteiger partial charge in [-0.05, 0) is 52.4 Å². The second-order valence-corrected chi connectivity index (χ2v) is 7.75. The quantitative estimate of drug-likeness (QED) is 0.528. The smallest absolute Gasteiger partial charge is 0.257 e. The van der Waals surface area contributed by atoms with Crippen molar-refractivity contribution in [2.45, 2.75) is 0 Å². The first-order valence-corrected chi connectivity index (χ1v) is 9.95. The molecule has 3 aromatic rings. The number of anilines is 1.